The predicted molar refractivity (Wildman–Crippen MR) is 154 cm³/mol. The van der Waals surface area contributed by atoms with Gasteiger partial charge in [-0.05, 0) is 117 Å². The molecule has 4 N–H and O–H groups in total. The van der Waals surface area contributed by atoms with Gasteiger partial charge in [0.1, 0.15) is 17.7 Å². The van der Waals surface area contributed by atoms with Crippen LogP contribution in [0.2, 0.25) is 0 Å². The molecule has 0 aromatic heterocycles. The van der Waals surface area contributed by atoms with E-state index in [2.05, 4.69) is 42.0 Å². The molecule has 2 aliphatic carbocycles. The van der Waals surface area contributed by atoms with Crippen LogP contribution in [0.25, 0.3) is 11.1 Å². The van der Waals surface area contributed by atoms with Gasteiger partial charge < -0.3 is 14.9 Å². The second-order valence-corrected chi connectivity index (χ2v) is 12.0. The number of nitrogens with one attached hydrogen (secondary N) is 2. The number of carbonyl (C=O) groups is 1. The largest absolute Gasteiger partial charge is 0.486 e. The summed E-state index contributed by atoms with van der Waals surface area (Å²) >= 11 is 0. The third-order valence-electron chi connectivity index (χ3n) is 8.12. The summed E-state index contributed by atoms with van der Waals surface area (Å²) in [6, 6.07) is 15.1. The first kappa shape index (κ1) is 27.2. The zero-order valence-corrected chi connectivity index (χ0v) is 23.7. The Morgan fingerprint density at radius 1 is 1.15 bits per heavy atom. The van der Waals surface area contributed by atoms with Crippen molar-refractivity contribution in [3.8, 4) is 16.9 Å². The number of β-amino-alcohol motifs (C(OH)–C–C–N with tert-alkyl or cyclic N) is 1. The molecule has 1 aliphatic heterocycles. The summed E-state index contributed by atoms with van der Waals surface area (Å²) < 4.78 is 21.6. The monoisotopic (exact) mass is 558 g/mol. The van der Waals surface area contributed by atoms with Gasteiger partial charge in [0, 0.05) is 11.1 Å². The minimum Gasteiger partial charge on any atom is -0.486 e. The maximum absolute atomic E-state index is 15.3. The molecule has 214 valence electrons. The first-order valence-corrected chi connectivity index (χ1v) is 14.0. The highest BCUT2D eigenvalue weighted by Crippen LogP contribution is 2.48. The Hall–Kier alpha value is -3.95. The highest BCUT2D eigenvalue weighted by molar-refractivity contribution is 6.00. The fourth-order valence-electron chi connectivity index (χ4n) is 6.22. The Bertz CT molecular complexity index is 1520. The van der Waals surface area contributed by atoms with Gasteiger partial charge in [-0.15, -0.1) is 10.2 Å². The average molecular weight is 559 g/mol. The molecular weight excluding hydrogens is 523 g/mol. The van der Waals surface area contributed by atoms with Gasteiger partial charge >= 0.3 is 5.97 Å². The van der Waals surface area contributed by atoms with Gasteiger partial charge in [-0.3, -0.25) is 10.2 Å². The first-order valence-electron chi connectivity index (χ1n) is 14.0. The Morgan fingerprint density at radius 3 is 2.49 bits per heavy atom. The Kier molecular flexibility index (Phi) is 6.74. The number of carboxylic acids is 1. The number of ether oxygens (including phenoxy) is 1. The highest BCUT2D eigenvalue weighted by atomic mass is 19.1. The van der Waals surface area contributed by atoms with Crippen molar-refractivity contribution in [3.05, 3.63) is 87.7 Å². The molecule has 8 nitrogen and oxygen atoms in total. The van der Waals surface area contributed by atoms with E-state index in [0.29, 0.717) is 43.0 Å². The molecule has 3 unspecified atom stereocenters. The van der Waals surface area contributed by atoms with E-state index in [0.717, 1.165) is 38.9 Å². The molecule has 0 saturated heterocycles. The van der Waals surface area contributed by atoms with Crippen LogP contribution in [-0.4, -0.2) is 39.3 Å². The lowest BCUT2D eigenvalue weighted by Gasteiger charge is -2.24. The molecule has 0 spiro atoms. The van der Waals surface area contributed by atoms with Crippen molar-refractivity contribution in [3.63, 3.8) is 0 Å². The number of halogens is 1. The molecule has 9 heteroatoms. The highest BCUT2D eigenvalue weighted by Gasteiger charge is 2.44. The minimum absolute atomic E-state index is 0.0611. The fraction of sp³-hybridized carbons (Fsp3) is 0.375. The normalized spacial score (nSPS) is 21.6. The quantitative estimate of drug-likeness (QED) is 0.304. The van der Waals surface area contributed by atoms with Crippen molar-refractivity contribution in [2.45, 2.75) is 64.6 Å². The molecule has 1 heterocycles. The van der Waals surface area contributed by atoms with Gasteiger partial charge in [0.2, 0.25) is 0 Å². The van der Waals surface area contributed by atoms with Crippen LogP contribution in [0.3, 0.4) is 0 Å². The number of benzene rings is 3. The number of aliphatic carboxylic acids is 1. The second-order valence-electron chi connectivity index (χ2n) is 12.0. The fourth-order valence-corrected chi connectivity index (χ4v) is 6.22. The van der Waals surface area contributed by atoms with Crippen LogP contribution in [0.4, 0.5) is 4.39 Å². The average Bonchev–Trinajstić information content (AvgIpc) is 3.40. The van der Waals surface area contributed by atoms with Crippen molar-refractivity contribution in [2.75, 3.05) is 6.54 Å². The summed E-state index contributed by atoms with van der Waals surface area (Å²) in [6.07, 6.45) is 1.65. The topological polar surface area (TPSA) is 106 Å². The second kappa shape index (κ2) is 10.2. The maximum atomic E-state index is 15.3. The minimum atomic E-state index is -0.892. The molecule has 1 fully saturated rings. The molecule has 1 saturated carbocycles. The van der Waals surface area contributed by atoms with E-state index in [-0.39, 0.29) is 17.7 Å². The summed E-state index contributed by atoms with van der Waals surface area (Å²) in [7, 11) is 0. The van der Waals surface area contributed by atoms with Crippen molar-refractivity contribution in [2.24, 2.45) is 11.0 Å². The number of carboxylic acid groups (broad SMARTS) is 1. The molecule has 3 aromatic carbocycles. The molecule has 41 heavy (non-hydrogen) atoms. The van der Waals surface area contributed by atoms with Crippen molar-refractivity contribution in [1.82, 2.24) is 16.1 Å². The van der Waals surface area contributed by atoms with E-state index in [1.807, 2.05) is 30.3 Å². The van der Waals surface area contributed by atoms with Crippen LogP contribution in [0, 0.1) is 25.6 Å². The van der Waals surface area contributed by atoms with Crippen LogP contribution in [0.15, 0.2) is 53.6 Å². The standard InChI is InChI=1S/C32H35FN4O4/c1-17-13-20(30-34-36-37(35-30)16-32(3,4)40)14-18(2)28(17)22-9-11-26(33)29-23(22)10-12-27(29)41-21-7-5-19(6-8-21)24-15-25(24)31(38)39/h5-9,11,13-14,24-25,27,36,40H,10,12,15-16H2,1-4H3,(H,34,35)(H,38,39). The van der Waals surface area contributed by atoms with Crippen LogP contribution in [-0.2, 0) is 11.2 Å². The number of aliphatic hydroxyl groups is 1. The van der Waals surface area contributed by atoms with Gasteiger partial charge in [-0.2, -0.15) is 0 Å². The molecule has 0 radical (unpaired) electrons. The van der Waals surface area contributed by atoms with E-state index in [1.54, 1.807) is 19.0 Å². The van der Waals surface area contributed by atoms with Crippen molar-refractivity contribution >= 4 is 11.8 Å². The number of nitrogens with zero attached hydrogens (tertiary/aromatic N) is 2. The lowest BCUT2D eigenvalue weighted by atomic mass is 9.89. The summed E-state index contributed by atoms with van der Waals surface area (Å²) in [6.45, 7) is 7.92. The number of hydrogen-bond donors (Lipinski definition) is 4. The number of aryl methyl sites for hydroxylation is 2. The van der Waals surface area contributed by atoms with E-state index < -0.39 is 17.7 Å². The van der Waals surface area contributed by atoms with Crippen LogP contribution in [0.5, 0.6) is 5.75 Å². The van der Waals surface area contributed by atoms with E-state index in [1.165, 1.54) is 6.07 Å². The first-order chi connectivity index (χ1) is 19.5. The third kappa shape index (κ3) is 5.39. The molecule has 0 bridgehead atoms. The van der Waals surface area contributed by atoms with E-state index in [4.69, 9.17) is 4.74 Å². The van der Waals surface area contributed by atoms with Crippen LogP contribution < -0.4 is 15.7 Å². The summed E-state index contributed by atoms with van der Waals surface area (Å²) in [5, 5.41) is 25.4. The van der Waals surface area contributed by atoms with Gasteiger partial charge in [-0.1, -0.05) is 18.2 Å². The van der Waals surface area contributed by atoms with Crippen molar-refractivity contribution in [1.29, 1.82) is 0 Å². The maximum Gasteiger partial charge on any atom is 0.307 e. The van der Waals surface area contributed by atoms with Gasteiger partial charge in [0.05, 0.1) is 18.1 Å². The van der Waals surface area contributed by atoms with Crippen LogP contribution >= 0.6 is 0 Å². The molecule has 3 aromatic rings. The number of amidine groups is 1. The Labute approximate surface area is 238 Å². The molecule has 0 amide bonds. The van der Waals surface area contributed by atoms with E-state index in [9.17, 15) is 15.0 Å². The third-order valence-corrected chi connectivity index (χ3v) is 8.12. The molecular formula is C32H35FN4O4. The SMILES string of the molecule is Cc1cc(C2=NNN(CC(C)(C)O)N2)cc(C)c1-c1ccc(F)c2c1CCC2Oc1ccc(C2CC2C(=O)O)cc1. The number of hydrogen-bond acceptors (Lipinski definition) is 7. The smallest absolute Gasteiger partial charge is 0.307 e. The summed E-state index contributed by atoms with van der Waals surface area (Å²) in [4.78, 5) is 11.2. The Balaban J connectivity index is 1.23. The van der Waals surface area contributed by atoms with Gasteiger partial charge in [0.25, 0.3) is 0 Å². The molecule has 3 atom stereocenters. The van der Waals surface area contributed by atoms with E-state index >= 15 is 4.39 Å². The van der Waals surface area contributed by atoms with Crippen molar-refractivity contribution < 1.29 is 24.1 Å². The predicted octanol–water partition coefficient (Wildman–Crippen LogP) is 5.12. The number of fused-ring (bicyclic) bond motifs is 1. The van der Waals surface area contributed by atoms with Crippen LogP contribution in [0.1, 0.15) is 72.1 Å². The summed E-state index contributed by atoms with van der Waals surface area (Å²) in [5.41, 5.74) is 12.9. The molecule has 6 rings (SSSR count). The lowest BCUT2D eigenvalue weighted by Crippen LogP contribution is -2.49. The number of hydrazone groups is 1. The zero-order chi connectivity index (χ0) is 29.1. The van der Waals surface area contributed by atoms with Gasteiger partial charge in [0.15, 0.2) is 5.84 Å². The number of rotatable bonds is 8. The lowest BCUT2D eigenvalue weighted by molar-refractivity contribution is -0.138. The molecule has 3 aliphatic rings. The Morgan fingerprint density at radius 2 is 1.85 bits per heavy atom. The number of hydrazine groups is 2. The summed E-state index contributed by atoms with van der Waals surface area (Å²) in [5.74, 6) is 0.0581. The zero-order valence-electron chi connectivity index (χ0n) is 23.7. The van der Waals surface area contributed by atoms with Gasteiger partial charge in [-0.25, -0.2) is 9.93 Å².